The molecule has 0 aliphatic rings. The molecule has 2 amide bonds. The van der Waals surface area contributed by atoms with Crippen molar-refractivity contribution in [3.8, 4) is 0 Å². The Hall–Kier alpha value is -4.53. The number of H-pyrrole nitrogens is 2. The molecule has 0 spiro atoms. The highest BCUT2D eigenvalue weighted by Gasteiger charge is 2.18. The lowest BCUT2D eigenvalue weighted by Gasteiger charge is -2.11. The van der Waals surface area contributed by atoms with E-state index < -0.39 is 0 Å². The zero-order valence-electron chi connectivity index (χ0n) is 18.7. The number of anilines is 2. The van der Waals surface area contributed by atoms with Crippen LogP contribution in [0.1, 0.15) is 40.4 Å². The fourth-order valence-electron chi connectivity index (χ4n) is 3.88. The Kier molecular flexibility index (Phi) is 5.51. The molecule has 170 valence electrons. The van der Waals surface area contributed by atoms with Crippen LogP contribution in [0.5, 0.6) is 0 Å². The van der Waals surface area contributed by atoms with Gasteiger partial charge in [0.05, 0.1) is 11.1 Å². The first-order chi connectivity index (χ1) is 16.5. The van der Waals surface area contributed by atoms with Crippen molar-refractivity contribution in [3.05, 3.63) is 77.9 Å². The summed E-state index contributed by atoms with van der Waals surface area (Å²) in [7, 11) is 0. The maximum Gasteiger partial charge on any atom is 0.276 e. The zero-order valence-corrected chi connectivity index (χ0v) is 18.7. The van der Waals surface area contributed by atoms with Gasteiger partial charge in [0, 0.05) is 23.5 Å². The number of pyridine rings is 1. The third-order valence-electron chi connectivity index (χ3n) is 5.37. The summed E-state index contributed by atoms with van der Waals surface area (Å²) in [6, 6.07) is 14.9. The number of rotatable bonds is 6. The van der Waals surface area contributed by atoms with Crippen LogP contribution in [-0.4, -0.2) is 36.7 Å². The van der Waals surface area contributed by atoms with Crippen LogP contribution in [0, 0.1) is 5.92 Å². The van der Waals surface area contributed by atoms with Crippen molar-refractivity contribution in [3.63, 3.8) is 0 Å². The molecule has 0 unspecified atom stereocenters. The molecule has 4 N–H and O–H groups in total. The molecule has 0 radical (unpaired) electrons. The summed E-state index contributed by atoms with van der Waals surface area (Å²) in [6.07, 6.45) is 3.93. The maximum atomic E-state index is 13.1. The number of amides is 2. The predicted octanol–water partition coefficient (Wildman–Crippen LogP) is 4.54. The Morgan fingerprint density at radius 1 is 0.971 bits per heavy atom. The van der Waals surface area contributed by atoms with E-state index in [4.69, 9.17) is 0 Å². The highest BCUT2D eigenvalue weighted by Crippen LogP contribution is 2.23. The lowest BCUT2D eigenvalue weighted by molar-refractivity contribution is 0.101. The molecule has 9 heteroatoms. The summed E-state index contributed by atoms with van der Waals surface area (Å²) >= 11 is 0. The van der Waals surface area contributed by atoms with Crippen LogP contribution in [0.4, 0.5) is 11.9 Å². The van der Waals surface area contributed by atoms with E-state index >= 15 is 0 Å². The minimum atomic E-state index is -0.378. The van der Waals surface area contributed by atoms with Crippen LogP contribution in [0.25, 0.3) is 21.8 Å². The van der Waals surface area contributed by atoms with Gasteiger partial charge in [-0.05, 0) is 35.9 Å². The van der Waals surface area contributed by atoms with E-state index in [9.17, 15) is 9.59 Å². The highest BCUT2D eigenvalue weighted by molar-refractivity contribution is 6.11. The zero-order chi connectivity index (χ0) is 23.7. The molecule has 9 nitrogen and oxygen atoms in total. The van der Waals surface area contributed by atoms with E-state index in [1.165, 1.54) is 0 Å². The van der Waals surface area contributed by atoms with E-state index in [0.29, 0.717) is 34.2 Å². The maximum absolute atomic E-state index is 13.1. The Morgan fingerprint density at radius 2 is 1.79 bits per heavy atom. The lowest BCUT2D eigenvalue weighted by atomic mass is 10.0. The minimum Gasteiger partial charge on any atom is -0.331 e. The number of aromatic amines is 2. The normalized spacial score (nSPS) is 11.3. The second-order valence-corrected chi connectivity index (χ2v) is 8.41. The number of nitrogens with zero attached hydrogens (tertiary/aromatic N) is 3. The third kappa shape index (κ3) is 4.23. The van der Waals surface area contributed by atoms with Crippen molar-refractivity contribution in [2.45, 2.75) is 20.3 Å². The third-order valence-corrected chi connectivity index (χ3v) is 5.37. The van der Waals surface area contributed by atoms with E-state index in [1.54, 1.807) is 36.7 Å². The van der Waals surface area contributed by atoms with Gasteiger partial charge in [0.25, 0.3) is 11.8 Å². The summed E-state index contributed by atoms with van der Waals surface area (Å²) in [4.78, 5) is 44.8. The van der Waals surface area contributed by atoms with Gasteiger partial charge in [-0.15, -0.1) is 0 Å². The minimum absolute atomic E-state index is 0.235. The molecule has 3 aromatic heterocycles. The number of benzene rings is 2. The Balaban J connectivity index is 1.44. The SMILES string of the molecule is CC(C)Cc1nc(C(=O)Nc2nc3c(C(=O)Nc4ncc[nH]4)cccc3[nH]2)cc2ccccc12. The molecule has 0 aliphatic heterocycles. The van der Waals surface area contributed by atoms with Gasteiger partial charge < -0.3 is 9.97 Å². The van der Waals surface area contributed by atoms with Gasteiger partial charge >= 0.3 is 0 Å². The molecule has 0 atom stereocenters. The second kappa shape index (κ2) is 8.78. The number of nitrogens with one attached hydrogen (secondary N) is 4. The number of fused-ring (bicyclic) bond motifs is 2. The largest absolute Gasteiger partial charge is 0.331 e. The summed E-state index contributed by atoms with van der Waals surface area (Å²) < 4.78 is 0. The van der Waals surface area contributed by atoms with Crippen molar-refractivity contribution in [1.82, 2.24) is 24.9 Å². The van der Waals surface area contributed by atoms with Gasteiger partial charge in [-0.1, -0.05) is 44.2 Å². The van der Waals surface area contributed by atoms with E-state index in [0.717, 1.165) is 22.9 Å². The highest BCUT2D eigenvalue weighted by atomic mass is 16.2. The van der Waals surface area contributed by atoms with Crippen LogP contribution in [0.2, 0.25) is 0 Å². The first-order valence-electron chi connectivity index (χ1n) is 11.0. The van der Waals surface area contributed by atoms with Gasteiger partial charge in [-0.3, -0.25) is 20.2 Å². The van der Waals surface area contributed by atoms with Gasteiger partial charge in [0.15, 0.2) is 0 Å². The number of carbonyl (C=O) groups is 2. The standard InChI is InChI=1S/C25H23N7O2/c1-14(2)12-19-16-7-4-3-6-15(16)13-20(28-19)23(34)32-25-29-18-9-5-8-17(21(18)30-25)22(33)31-24-26-10-11-27-24/h3-11,13-14H,12H2,1-2H3,(H2,26,27,31,33)(H2,29,30,32,34). The molecule has 0 fully saturated rings. The molecule has 0 bridgehead atoms. The number of imidazole rings is 2. The molecule has 5 aromatic rings. The smallest absolute Gasteiger partial charge is 0.276 e. The number of para-hydroxylation sites is 1. The van der Waals surface area contributed by atoms with Crippen molar-refractivity contribution >= 4 is 45.5 Å². The summed E-state index contributed by atoms with van der Waals surface area (Å²) in [5.41, 5.74) is 2.61. The molecular formula is C25H23N7O2. The lowest BCUT2D eigenvalue weighted by Crippen LogP contribution is -2.16. The number of hydrogen-bond donors (Lipinski definition) is 4. The average Bonchev–Trinajstić information content (AvgIpc) is 3.47. The van der Waals surface area contributed by atoms with Crippen molar-refractivity contribution in [2.75, 3.05) is 10.6 Å². The summed E-state index contributed by atoms with van der Waals surface area (Å²) in [6.45, 7) is 4.24. The quantitative estimate of drug-likeness (QED) is 0.300. The van der Waals surface area contributed by atoms with Crippen molar-refractivity contribution in [2.24, 2.45) is 5.92 Å². The molecule has 0 saturated heterocycles. The first-order valence-corrected chi connectivity index (χ1v) is 11.0. The molecule has 0 saturated carbocycles. The second-order valence-electron chi connectivity index (χ2n) is 8.41. The number of carbonyl (C=O) groups excluding carboxylic acids is 2. The Labute approximate surface area is 195 Å². The van der Waals surface area contributed by atoms with Crippen LogP contribution < -0.4 is 10.6 Å². The fraction of sp³-hybridized carbons (Fsp3) is 0.160. The molecule has 5 rings (SSSR count). The molecule has 34 heavy (non-hydrogen) atoms. The van der Waals surface area contributed by atoms with Crippen molar-refractivity contribution in [1.29, 1.82) is 0 Å². The Morgan fingerprint density at radius 3 is 2.59 bits per heavy atom. The molecule has 2 aromatic carbocycles. The fourth-order valence-corrected chi connectivity index (χ4v) is 3.88. The summed E-state index contributed by atoms with van der Waals surface area (Å²) in [5.74, 6) is 0.232. The topological polar surface area (TPSA) is 128 Å². The summed E-state index contributed by atoms with van der Waals surface area (Å²) in [5, 5.41) is 7.48. The van der Waals surface area contributed by atoms with Crippen LogP contribution >= 0.6 is 0 Å². The Bertz CT molecular complexity index is 1500. The van der Waals surface area contributed by atoms with Gasteiger partial charge in [0.1, 0.15) is 11.2 Å². The molecular weight excluding hydrogens is 430 g/mol. The van der Waals surface area contributed by atoms with Crippen molar-refractivity contribution < 1.29 is 9.59 Å². The van der Waals surface area contributed by atoms with E-state index in [-0.39, 0.29) is 17.8 Å². The molecule has 3 heterocycles. The van der Waals surface area contributed by atoms with Gasteiger partial charge in [-0.25, -0.2) is 15.0 Å². The van der Waals surface area contributed by atoms with Crippen LogP contribution in [0.15, 0.2) is 60.9 Å². The average molecular weight is 454 g/mol. The van der Waals surface area contributed by atoms with Crippen LogP contribution in [0.3, 0.4) is 0 Å². The van der Waals surface area contributed by atoms with E-state index in [2.05, 4.69) is 49.4 Å². The monoisotopic (exact) mass is 453 g/mol. The van der Waals surface area contributed by atoms with E-state index in [1.807, 2.05) is 24.3 Å². The van der Waals surface area contributed by atoms with Gasteiger partial charge in [-0.2, -0.15) is 0 Å². The van der Waals surface area contributed by atoms with Gasteiger partial charge in [0.2, 0.25) is 11.9 Å². The predicted molar refractivity (Wildman–Crippen MR) is 131 cm³/mol. The molecule has 0 aliphatic carbocycles. The number of aromatic nitrogens is 5. The number of hydrogen-bond acceptors (Lipinski definition) is 5. The van der Waals surface area contributed by atoms with Crippen LogP contribution in [-0.2, 0) is 6.42 Å². The first kappa shape index (κ1) is 21.3.